The van der Waals surface area contributed by atoms with Crippen LogP contribution in [0, 0.1) is 0 Å². The predicted octanol–water partition coefficient (Wildman–Crippen LogP) is 3.90. The highest BCUT2D eigenvalue weighted by Crippen LogP contribution is 2.33. The van der Waals surface area contributed by atoms with Crippen LogP contribution in [-0.4, -0.2) is 37.3 Å². The van der Waals surface area contributed by atoms with Crippen molar-refractivity contribution in [2.24, 2.45) is 0 Å². The SMILES string of the molecule is OC1(Cn2nnc(-c3ccccc3Nc3ccc(OC(F)(F)F)cc3)n2)CCC1. The van der Waals surface area contributed by atoms with Gasteiger partial charge in [-0.3, -0.25) is 0 Å². The summed E-state index contributed by atoms with van der Waals surface area (Å²) in [5.41, 5.74) is 1.15. The van der Waals surface area contributed by atoms with E-state index in [1.807, 2.05) is 18.2 Å². The lowest BCUT2D eigenvalue weighted by molar-refractivity contribution is -0.274. The third kappa shape index (κ3) is 4.65. The molecule has 2 N–H and O–H groups in total. The number of anilines is 2. The smallest absolute Gasteiger partial charge is 0.406 e. The van der Waals surface area contributed by atoms with Gasteiger partial charge >= 0.3 is 6.36 Å². The number of ether oxygens (including phenoxy) is 1. The van der Waals surface area contributed by atoms with E-state index in [2.05, 4.69) is 25.5 Å². The Morgan fingerprint density at radius 2 is 1.83 bits per heavy atom. The molecule has 1 aliphatic rings. The number of nitrogens with zero attached hydrogens (tertiary/aromatic N) is 4. The number of rotatable bonds is 6. The van der Waals surface area contributed by atoms with E-state index < -0.39 is 12.0 Å². The van der Waals surface area contributed by atoms with Crippen molar-refractivity contribution < 1.29 is 23.0 Å². The number of hydrogen-bond acceptors (Lipinski definition) is 6. The second-order valence-electron chi connectivity index (χ2n) is 6.96. The van der Waals surface area contributed by atoms with Gasteiger partial charge in [-0.15, -0.1) is 23.4 Å². The number of tetrazole rings is 1. The predicted molar refractivity (Wildman–Crippen MR) is 98.5 cm³/mol. The summed E-state index contributed by atoms with van der Waals surface area (Å²) in [6.07, 6.45) is -2.31. The molecule has 1 aliphatic carbocycles. The van der Waals surface area contributed by atoms with Crippen LogP contribution in [0.5, 0.6) is 5.75 Å². The maximum absolute atomic E-state index is 12.3. The van der Waals surface area contributed by atoms with Crippen molar-refractivity contribution in [3.63, 3.8) is 0 Å². The summed E-state index contributed by atoms with van der Waals surface area (Å²) in [4.78, 5) is 1.38. The summed E-state index contributed by atoms with van der Waals surface area (Å²) in [6, 6.07) is 12.7. The standard InChI is InChI=1S/C19H18F3N5O2/c20-19(21,22)29-14-8-6-13(7-9-14)23-16-5-2-1-4-15(16)17-24-26-27(25-17)12-18(28)10-3-11-18/h1-2,4-9,23,28H,3,10-12H2. The minimum Gasteiger partial charge on any atom is -0.406 e. The highest BCUT2D eigenvalue weighted by atomic mass is 19.4. The second kappa shape index (κ2) is 7.36. The van der Waals surface area contributed by atoms with E-state index in [0.29, 0.717) is 22.8 Å². The van der Waals surface area contributed by atoms with Crippen molar-refractivity contribution in [3.8, 4) is 17.1 Å². The van der Waals surface area contributed by atoms with Crippen LogP contribution in [0.4, 0.5) is 24.5 Å². The van der Waals surface area contributed by atoms with Gasteiger partial charge in [-0.2, -0.15) is 4.80 Å². The zero-order chi connectivity index (χ0) is 20.5. The van der Waals surface area contributed by atoms with Crippen molar-refractivity contribution in [3.05, 3.63) is 48.5 Å². The van der Waals surface area contributed by atoms with E-state index in [1.54, 1.807) is 6.07 Å². The molecule has 29 heavy (non-hydrogen) atoms. The van der Waals surface area contributed by atoms with Crippen molar-refractivity contribution in [1.82, 2.24) is 20.2 Å². The van der Waals surface area contributed by atoms with Crippen LogP contribution in [0.25, 0.3) is 11.4 Å². The molecule has 2 aromatic carbocycles. The van der Waals surface area contributed by atoms with Gasteiger partial charge in [0.2, 0.25) is 5.82 Å². The maximum Gasteiger partial charge on any atom is 0.573 e. The Kier molecular flexibility index (Phi) is 4.87. The van der Waals surface area contributed by atoms with Crippen LogP contribution in [0.3, 0.4) is 0 Å². The van der Waals surface area contributed by atoms with Crippen molar-refractivity contribution in [1.29, 1.82) is 0 Å². The topological polar surface area (TPSA) is 85.1 Å². The molecular weight excluding hydrogens is 387 g/mol. The number of para-hydroxylation sites is 1. The Morgan fingerprint density at radius 3 is 2.48 bits per heavy atom. The Balaban J connectivity index is 1.51. The van der Waals surface area contributed by atoms with Gasteiger partial charge in [-0.1, -0.05) is 12.1 Å². The van der Waals surface area contributed by atoms with E-state index in [0.717, 1.165) is 19.3 Å². The highest BCUT2D eigenvalue weighted by molar-refractivity contribution is 5.77. The van der Waals surface area contributed by atoms with Crippen LogP contribution in [0.2, 0.25) is 0 Å². The molecule has 0 radical (unpaired) electrons. The molecule has 0 aliphatic heterocycles. The molecular formula is C19H18F3N5O2. The van der Waals surface area contributed by atoms with Gasteiger partial charge < -0.3 is 15.2 Å². The molecule has 1 saturated carbocycles. The van der Waals surface area contributed by atoms with E-state index in [-0.39, 0.29) is 12.3 Å². The molecule has 0 bridgehead atoms. The zero-order valence-electron chi connectivity index (χ0n) is 15.2. The molecule has 0 amide bonds. The molecule has 1 aromatic heterocycles. The monoisotopic (exact) mass is 405 g/mol. The van der Waals surface area contributed by atoms with Gasteiger partial charge in [0, 0.05) is 16.9 Å². The first-order valence-corrected chi connectivity index (χ1v) is 9.02. The summed E-state index contributed by atoms with van der Waals surface area (Å²) < 4.78 is 40.7. The molecule has 7 nitrogen and oxygen atoms in total. The minimum atomic E-state index is -4.73. The largest absolute Gasteiger partial charge is 0.573 e. The van der Waals surface area contributed by atoms with Gasteiger partial charge in [-0.25, -0.2) is 0 Å². The van der Waals surface area contributed by atoms with Crippen LogP contribution in [-0.2, 0) is 6.54 Å². The Labute approximate surface area is 164 Å². The summed E-state index contributed by atoms with van der Waals surface area (Å²) in [6.45, 7) is 0.288. The van der Waals surface area contributed by atoms with E-state index in [1.165, 1.54) is 29.1 Å². The first-order chi connectivity index (χ1) is 13.8. The number of halogens is 3. The summed E-state index contributed by atoms with van der Waals surface area (Å²) >= 11 is 0. The Hall–Kier alpha value is -3.14. The Bertz CT molecular complexity index is 984. The lowest BCUT2D eigenvalue weighted by Gasteiger charge is -2.35. The zero-order valence-corrected chi connectivity index (χ0v) is 15.2. The third-order valence-electron chi connectivity index (χ3n) is 4.71. The normalized spacial score (nSPS) is 15.6. The summed E-state index contributed by atoms with van der Waals surface area (Å²) in [5.74, 6) is 0.0860. The van der Waals surface area contributed by atoms with Crippen molar-refractivity contribution in [2.45, 2.75) is 37.8 Å². The fourth-order valence-corrected chi connectivity index (χ4v) is 3.11. The molecule has 10 heteroatoms. The number of alkyl halides is 3. The van der Waals surface area contributed by atoms with E-state index >= 15 is 0 Å². The van der Waals surface area contributed by atoms with Crippen molar-refractivity contribution >= 4 is 11.4 Å². The lowest BCUT2D eigenvalue weighted by atomic mass is 9.80. The fraction of sp³-hybridized carbons (Fsp3) is 0.316. The quantitative estimate of drug-likeness (QED) is 0.647. The molecule has 0 saturated heterocycles. The molecule has 0 unspecified atom stereocenters. The molecule has 152 valence electrons. The fourth-order valence-electron chi connectivity index (χ4n) is 3.11. The van der Waals surface area contributed by atoms with Crippen LogP contribution in [0.1, 0.15) is 19.3 Å². The summed E-state index contributed by atoms with van der Waals surface area (Å²) in [7, 11) is 0. The highest BCUT2D eigenvalue weighted by Gasteiger charge is 2.35. The van der Waals surface area contributed by atoms with Gasteiger partial charge in [0.25, 0.3) is 0 Å². The Morgan fingerprint density at radius 1 is 1.10 bits per heavy atom. The first-order valence-electron chi connectivity index (χ1n) is 9.02. The van der Waals surface area contributed by atoms with E-state index in [4.69, 9.17) is 0 Å². The maximum atomic E-state index is 12.3. The number of aliphatic hydroxyl groups is 1. The number of hydrogen-bond donors (Lipinski definition) is 2. The van der Waals surface area contributed by atoms with Gasteiger partial charge in [-0.05, 0) is 60.9 Å². The first kappa shape index (κ1) is 19.2. The molecule has 0 spiro atoms. The molecule has 1 heterocycles. The molecule has 3 aromatic rings. The number of nitrogens with one attached hydrogen (secondary N) is 1. The molecule has 0 atom stereocenters. The third-order valence-corrected chi connectivity index (χ3v) is 4.71. The second-order valence-corrected chi connectivity index (χ2v) is 6.96. The van der Waals surface area contributed by atoms with Crippen LogP contribution < -0.4 is 10.1 Å². The molecule has 1 fully saturated rings. The number of aromatic nitrogens is 4. The number of benzene rings is 2. The van der Waals surface area contributed by atoms with Crippen LogP contribution >= 0.6 is 0 Å². The average molecular weight is 405 g/mol. The minimum absolute atomic E-state index is 0.288. The van der Waals surface area contributed by atoms with Gasteiger partial charge in [0.1, 0.15) is 5.75 Å². The van der Waals surface area contributed by atoms with Crippen molar-refractivity contribution in [2.75, 3.05) is 5.32 Å². The van der Waals surface area contributed by atoms with Gasteiger partial charge in [0.05, 0.1) is 12.1 Å². The van der Waals surface area contributed by atoms with Crippen LogP contribution in [0.15, 0.2) is 48.5 Å². The average Bonchev–Trinajstić information content (AvgIpc) is 3.09. The molecule has 4 rings (SSSR count). The lowest BCUT2D eigenvalue weighted by Crippen LogP contribution is -2.41. The van der Waals surface area contributed by atoms with E-state index in [9.17, 15) is 18.3 Å². The summed E-state index contributed by atoms with van der Waals surface area (Å²) in [5, 5.41) is 25.8. The van der Waals surface area contributed by atoms with Gasteiger partial charge in [0.15, 0.2) is 0 Å².